The molecule has 0 aliphatic carbocycles. The predicted octanol–water partition coefficient (Wildman–Crippen LogP) is 2.62. The van der Waals surface area contributed by atoms with Crippen molar-refractivity contribution in [3.8, 4) is 23.0 Å². The summed E-state index contributed by atoms with van der Waals surface area (Å²) in [5, 5.41) is 11.8. The van der Waals surface area contributed by atoms with E-state index >= 15 is 0 Å². The van der Waals surface area contributed by atoms with E-state index in [1.165, 1.54) is 0 Å². The normalized spacial score (nSPS) is 14.3. The van der Waals surface area contributed by atoms with Crippen LogP contribution in [0.25, 0.3) is 0 Å². The zero-order valence-electron chi connectivity index (χ0n) is 21.2. The van der Waals surface area contributed by atoms with Crippen molar-refractivity contribution in [2.45, 2.75) is 32.5 Å². The molecule has 10 heteroatoms. The molecule has 0 saturated heterocycles. The number of para-hydroxylation sites is 1. The number of benzene rings is 2. The minimum atomic E-state index is -0.300. The Morgan fingerprint density at radius 3 is 2.36 bits per heavy atom. The number of hydrogen-bond donors (Lipinski definition) is 1. The van der Waals surface area contributed by atoms with Gasteiger partial charge in [-0.3, -0.25) is 9.69 Å². The maximum absolute atomic E-state index is 12.4. The van der Waals surface area contributed by atoms with E-state index in [-0.39, 0.29) is 18.6 Å². The van der Waals surface area contributed by atoms with E-state index < -0.39 is 0 Å². The van der Waals surface area contributed by atoms with Crippen molar-refractivity contribution < 1.29 is 23.7 Å². The first-order valence-electron chi connectivity index (χ1n) is 11.9. The summed E-state index contributed by atoms with van der Waals surface area (Å²) in [5.74, 6) is 4.22. The Morgan fingerprint density at radius 1 is 0.972 bits per heavy atom. The van der Waals surface area contributed by atoms with Crippen LogP contribution >= 0.6 is 0 Å². The number of rotatable bonds is 10. The van der Waals surface area contributed by atoms with Crippen molar-refractivity contribution in [3.63, 3.8) is 0 Å². The Morgan fingerprint density at radius 2 is 1.69 bits per heavy atom. The molecule has 36 heavy (non-hydrogen) atoms. The molecule has 0 fully saturated rings. The molecule has 192 valence electrons. The van der Waals surface area contributed by atoms with E-state index in [0.717, 1.165) is 48.2 Å². The maximum Gasteiger partial charge on any atom is 0.258 e. The Kier molecular flexibility index (Phi) is 8.27. The maximum atomic E-state index is 12.4. The van der Waals surface area contributed by atoms with Crippen LogP contribution in [-0.2, 0) is 24.3 Å². The van der Waals surface area contributed by atoms with Crippen molar-refractivity contribution in [2.75, 3.05) is 41.0 Å². The standard InChI is InChI=1S/C26H33N5O5/c1-18(27-25(32)17-36-19-8-6-5-7-9-19)26-29-28-24-10-11-30(12-13-31(24)26)16-21-22(34-3)14-20(33-2)15-23(21)35-4/h5-9,14-15,18H,10-13,16-17H2,1-4H3,(H,27,32)/t18-/m0/s1. The van der Waals surface area contributed by atoms with Gasteiger partial charge in [0, 0.05) is 44.7 Å². The second-order valence-electron chi connectivity index (χ2n) is 8.55. The molecule has 1 atom stereocenters. The third kappa shape index (κ3) is 5.88. The van der Waals surface area contributed by atoms with Crippen molar-refractivity contribution in [2.24, 2.45) is 0 Å². The predicted molar refractivity (Wildman–Crippen MR) is 134 cm³/mol. The fraction of sp³-hybridized carbons (Fsp3) is 0.423. The van der Waals surface area contributed by atoms with Crippen LogP contribution in [-0.4, -0.2) is 66.6 Å². The molecule has 2 heterocycles. The van der Waals surface area contributed by atoms with E-state index in [1.807, 2.05) is 49.4 Å². The molecule has 2 aromatic carbocycles. The van der Waals surface area contributed by atoms with Crippen molar-refractivity contribution in [3.05, 3.63) is 59.7 Å². The molecule has 0 unspecified atom stereocenters. The molecular formula is C26H33N5O5. The molecule has 1 aromatic heterocycles. The molecule has 1 amide bonds. The quantitative estimate of drug-likeness (QED) is 0.458. The highest BCUT2D eigenvalue weighted by Gasteiger charge is 2.24. The van der Waals surface area contributed by atoms with Crippen molar-refractivity contribution in [1.82, 2.24) is 25.0 Å². The number of amides is 1. The van der Waals surface area contributed by atoms with Crippen LogP contribution in [0, 0.1) is 0 Å². The van der Waals surface area contributed by atoms with Gasteiger partial charge >= 0.3 is 0 Å². The summed E-state index contributed by atoms with van der Waals surface area (Å²) in [6.07, 6.45) is 0.742. The topological polar surface area (TPSA) is 100.0 Å². The lowest BCUT2D eigenvalue weighted by Crippen LogP contribution is -2.33. The van der Waals surface area contributed by atoms with Crippen molar-refractivity contribution in [1.29, 1.82) is 0 Å². The van der Waals surface area contributed by atoms with Gasteiger partial charge < -0.3 is 28.8 Å². The van der Waals surface area contributed by atoms with Crippen LogP contribution in [0.1, 0.15) is 30.2 Å². The first kappa shape index (κ1) is 25.3. The first-order valence-corrected chi connectivity index (χ1v) is 11.9. The van der Waals surface area contributed by atoms with Crippen LogP contribution in [0.15, 0.2) is 42.5 Å². The SMILES string of the molecule is COc1cc(OC)c(CN2CCc3nnc([C@H](C)NC(=O)COc4ccccc4)n3CC2)c(OC)c1. The second-order valence-corrected chi connectivity index (χ2v) is 8.55. The Balaban J connectivity index is 1.39. The number of fused-ring (bicyclic) bond motifs is 1. The first-order chi connectivity index (χ1) is 17.5. The molecule has 3 aromatic rings. The van der Waals surface area contributed by atoms with Crippen LogP contribution in [0.4, 0.5) is 0 Å². The molecule has 0 saturated carbocycles. The number of hydrogen-bond acceptors (Lipinski definition) is 8. The van der Waals surface area contributed by atoms with E-state index in [1.54, 1.807) is 21.3 Å². The molecule has 1 N–H and O–H groups in total. The van der Waals surface area contributed by atoms with Gasteiger partial charge in [0.05, 0.1) is 32.9 Å². The zero-order chi connectivity index (χ0) is 25.5. The molecule has 1 aliphatic rings. The highest BCUT2D eigenvalue weighted by molar-refractivity contribution is 5.77. The van der Waals surface area contributed by atoms with Gasteiger partial charge in [0.2, 0.25) is 0 Å². The van der Waals surface area contributed by atoms with E-state index in [9.17, 15) is 4.79 Å². The smallest absolute Gasteiger partial charge is 0.258 e. The molecule has 0 spiro atoms. The molecular weight excluding hydrogens is 462 g/mol. The lowest BCUT2D eigenvalue weighted by molar-refractivity contribution is -0.123. The number of aromatic nitrogens is 3. The van der Waals surface area contributed by atoms with Gasteiger partial charge in [0.15, 0.2) is 12.4 Å². The van der Waals surface area contributed by atoms with Crippen LogP contribution in [0.2, 0.25) is 0 Å². The highest BCUT2D eigenvalue weighted by atomic mass is 16.5. The average molecular weight is 496 g/mol. The Hall–Kier alpha value is -3.79. The number of nitrogens with zero attached hydrogens (tertiary/aromatic N) is 4. The van der Waals surface area contributed by atoms with Gasteiger partial charge in [-0.15, -0.1) is 10.2 Å². The number of nitrogens with one attached hydrogen (secondary N) is 1. The zero-order valence-corrected chi connectivity index (χ0v) is 21.2. The fourth-order valence-electron chi connectivity index (χ4n) is 4.34. The second kappa shape index (κ2) is 11.8. The minimum absolute atomic E-state index is 0.0609. The van der Waals surface area contributed by atoms with Gasteiger partial charge in [-0.05, 0) is 19.1 Å². The van der Waals surface area contributed by atoms with Gasteiger partial charge in [-0.25, -0.2) is 0 Å². The molecule has 0 radical (unpaired) electrons. The summed E-state index contributed by atoms with van der Waals surface area (Å²) in [6.45, 7) is 4.81. The van der Waals surface area contributed by atoms with Gasteiger partial charge in [-0.1, -0.05) is 18.2 Å². The summed E-state index contributed by atoms with van der Waals surface area (Å²) in [5.41, 5.74) is 0.970. The van der Waals surface area contributed by atoms with Gasteiger partial charge in [0.1, 0.15) is 28.8 Å². The number of ether oxygens (including phenoxy) is 4. The molecule has 4 rings (SSSR count). The summed E-state index contributed by atoms with van der Waals surface area (Å²) in [4.78, 5) is 14.8. The van der Waals surface area contributed by atoms with E-state index in [4.69, 9.17) is 18.9 Å². The Labute approximate surface area is 211 Å². The van der Waals surface area contributed by atoms with E-state index in [0.29, 0.717) is 24.6 Å². The third-order valence-electron chi connectivity index (χ3n) is 6.22. The monoisotopic (exact) mass is 495 g/mol. The number of methoxy groups -OCH3 is 3. The summed E-state index contributed by atoms with van der Waals surface area (Å²) in [7, 11) is 4.91. The minimum Gasteiger partial charge on any atom is -0.496 e. The lowest BCUT2D eigenvalue weighted by atomic mass is 10.1. The van der Waals surface area contributed by atoms with Crippen molar-refractivity contribution >= 4 is 5.91 Å². The largest absolute Gasteiger partial charge is 0.496 e. The molecule has 1 aliphatic heterocycles. The van der Waals surface area contributed by atoms with Crippen LogP contribution in [0.3, 0.4) is 0 Å². The molecule has 0 bridgehead atoms. The summed E-state index contributed by atoms with van der Waals surface area (Å²) in [6, 6.07) is 12.7. The van der Waals surface area contributed by atoms with Gasteiger partial charge in [-0.2, -0.15) is 0 Å². The number of carbonyl (C=O) groups excluding carboxylic acids is 1. The number of carbonyl (C=O) groups is 1. The van der Waals surface area contributed by atoms with Crippen LogP contribution < -0.4 is 24.3 Å². The summed E-state index contributed by atoms with van der Waals surface area (Å²) >= 11 is 0. The van der Waals surface area contributed by atoms with Gasteiger partial charge in [0.25, 0.3) is 5.91 Å². The molecule has 10 nitrogen and oxygen atoms in total. The third-order valence-corrected chi connectivity index (χ3v) is 6.22. The average Bonchev–Trinajstić information content (AvgIpc) is 3.21. The Bertz CT molecular complexity index is 1140. The highest BCUT2D eigenvalue weighted by Crippen LogP contribution is 2.35. The lowest BCUT2D eigenvalue weighted by Gasteiger charge is -2.23. The fourth-order valence-corrected chi connectivity index (χ4v) is 4.34. The van der Waals surface area contributed by atoms with E-state index in [2.05, 4.69) is 25.0 Å². The summed E-state index contributed by atoms with van der Waals surface area (Å²) < 4.78 is 24.3. The van der Waals surface area contributed by atoms with Crippen LogP contribution in [0.5, 0.6) is 23.0 Å².